The molecule has 0 saturated heterocycles. The summed E-state index contributed by atoms with van der Waals surface area (Å²) < 4.78 is 18.7. The molecule has 2 aromatic rings. The van der Waals surface area contributed by atoms with Gasteiger partial charge in [-0.3, -0.25) is 0 Å². The Morgan fingerprint density at radius 1 is 1.00 bits per heavy atom. The predicted octanol–water partition coefficient (Wildman–Crippen LogP) is 2.14. The first-order valence-corrected chi connectivity index (χ1v) is 6.48. The van der Waals surface area contributed by atoms with Gasteiger partial charge >= 0.3 is 0 Å². The number of hydrogen-bond acceptors (Lipinski definition) is 1. The number of para-hydroxylation sites is 1. The summed E-state index contributed by atoms with van der Waals surface area (Å²) in [6, 6.07) is 14.9. The Morgan fingerprint density at radius 2 is 1.68 bits per heavy atom. The second-order valence-electron chi connectivity index (χ2n) is 4.43. The van der Waals surface area contributed by atoms with Gasteiger partial charge < -0.3 is 10.1 Å². The van der Waals surface area contributed by atoms with Crippen LogP contribution in [0.5, 0.6) is 5.75 Å². The van der Waals surface area contributed by atoms with E-state index in [-0.39, 0.29) is 5.82 Å². The van der Waals surface area contributed by atoms with Gasteiger partial charge in [0.2, 0.25) is 0 Å². The topological polar surface area (TPSA) is 25.8 Å². The van der Waals surface area contributed by atoms with Crippen LogP contribution < -0.4 is 10.1 Å². The maximum absolute atomic E-state index is 13.4. The minimum absolute atomic E-state index is 0.117. The zero-order chi connectivity index (χ0) is 13.5. The third-order valence-corrected chi connectivity index (χ3v) is 3.13. The molecule has 0 aliphatic rings. The van der Waals surface area contributed by atoms with Crippen molar-refractivity contribution in [3.05, 3.63) is 65.5 Å². The van der Waals surface area contributed by atoms with Crippen LogP contribution in [0.4, 0.5) is 4.39 Å². The van der Waals surface area contributed by atoms with Crippen LogP contribution in [0.25, 0.3) is 0 Å². The SMILES string of the molecule is COc1ccccc1C[NH2+]CCc1ccccc1F. The van der Waals surface area contributed by atoms with Crippen molar-refractivity contribution in [2.75, 3.05) is 13.7 Å². The standard InChI is InChI=1S/C16H18FNO/c1-19-16-9-5-3-7-14(16)12-18-11-10-13-6-2-4-8-15(13)17/h2-9,18H,10-12H2,1H3/p+1. The molecular weight excluding hydrogens is 241 g/mol. The molecule has 0 fully saturated rings. The summed E-state index contributed by atoms with van der Waals surface area (Å²) >= 11 is 0. The number of halogens is 1. The summed E-state index contributed by atoms with van der Waals surface area (Å²) in [5.74, 6) is 0.790. The van der Waals surface area contributed by atoms with Gasteiger partial charge in [0.1, 0.15) is 18.1 Å². The minimum atomic E-state index is -0.117. The largest absolute Gasteiger partial charge is 0.496 e. The Balaban J connectivity index is 1.83. The normalized spacial score (nSPS) is 10.4. The molecule has 0 heterocycles. The van der Waals surface area contributed by atoms with Gasteiger partial charge in [-0.2, -0.15) is 0 Å². The van der Waals surface area contributed by atoms with Crippen LogP contribution >= 0.6 is 0 Å². The lowest BCUT2D eigenvalue weighted by atomic mass is 10.1. The number of rotatable bonds is 6. The van der Waals surface area contributed by atoms with E-state index in [1.807, 2.05) is 30.3 Å². The summed E-state index contributed by atoms with van der Waals surface area (Å²) in [6.07, 6.45) is 0.738. The van der Waals surface area contributed by atoms with E-state index in [0.29, 0.717) is 0 Å². The van der Waals surface area contributed by atoms with Crippen molar-refractivity contribution in [1.29, 1.82) is 0 Å². The summed E-state index contributed by atoms with van der Waals surface area (Å²) in [4.78, 5) is 0. The van der Waals surface area contributed by atoms with Crippen LogP contribution in [0, 0.1) is 5.82 Å². The van der Waals surface area contributed by atoms with Crippen LogP contribution in [0.3, 0.4) is 0 Å². The Hall–Kier alpha value is -1.87. The average Bonchev–Trinajstić information content (AvgIpc) is 2.45. The summed E-state index contributed by atoms with van der Waals surface area (Å²) in [5, 5.41) is 2.17. The fraction of sp³-hybridized carbons (Fsp3) is 0.250. The molecule has 0 atom stereocenters. The van der Waals surface area contributed by atoms with Gasteiger partial charge in [0, 0.05) is 12.0 Å². The molecule has 0 aliphatic carbocycles. The lowest BCUT2D eigenvalue weighted by Crippen LogP contribution is -2.83. The molecule has 3 heteroatoms. The third-order valence-electron chi connectivity index (χ3n) is 3.13. The number of methoxy groups -OCH3 is 1. The Kier molecular flexibility index (Phi) is 4.93. The van der Waals surface area contributed by atoms with Crippen LogP contribution in [0.2, 0.25) is 0 Å². The molecule has 0 bridgehead atoms. The van der Waals surface area contributed by atoms with Crippen molar-refractivity contribution < 1.29 is 14.4 Å². The van der Waals surface area contributed by atoms with Gasteiger partial charge in [-0.25, -0.2) is 4.39 Å². The van der Waals surface area contributed by atoms with Crippen LogP contribution in [0.15, 0.2) is 48.5 Å². The molecule has 0 unspecified atom stereocenters. The lowest BCUT2D eigenvalue weighted by molar-refractivity contribution is -0.670. The molecule has 0 spiro atoms. The highest BCUT2D eigenvalue weighted by molar-refractivity contribution is 5.32. The van der Waals surface area contributed by atoms with E-state index in [2.05, 4.69) is 11.4 Å². The van der Waals surface area contributed by atoms with Crippen LogP contribution in [0.1, 0.15) is 11.1 Å². The van der Waals surface area contributed by atoms with E-state index in [1.165, 1.54) is 11.6 Å². The van der Waals surface area contributed by atoms with Gasteiger partial charge in [-0.05, 0) is 23.8 Å². The first-order chi connectivity index (χ1) is 9.31. The molecule has 2 aromatic carbocycles. The highest BCUT2D eigenvalue weighted by Gasteiger charge is 2.04. The van der Waals surface area contributed by atoms with Crippen molar-refractivity contribution in [2.24, 2.45) is 0 Å². The van der Waals surface area contributed by atoms with Crippen molar-refractivity contribution in [1.82, 2.24) is 0 Å². The average molecular weight is 260 g/mol. The number of benzene rings is 2. The molecule has 0 amide bonds. The molecule has 2 nitrogen and oxygen atoms in total. The summed E-state index contributed by atoms with van der Waals surface area (Å²) in [7, 11) is 1.68. The Labute approximate surface area is 113 Å². The minimum Gasteiger partial charge on any atom is -0.496 e. The van der Waals surface area contributed by atoms with Crippen LogP contribution in [-0.2, 0) is 13.0 Å². The molecular formula is C16H19FNO+. The number of quaternary nitrogens is 1. The molecule has 19 heavy (non-hydrogen) atoms. The van der Waals surface area contributed by atoms with Gasteiger partial charge in [-0.1, -0.05) is 30.3 Å². The first kappa shape index (κ1) is 13.6. The summed E-state index contributed by atoms with van der Waals surface area (Å²) in [6.45, 7) is 1.71. The van der Waals surface area contributed by atoms with E-state index in [0.717, 1.165) is 30.8 Å². The predicted molar refractivity (Wildman–Crippen MR) is 73.6 cm³/mol. The smallest absolute Gasteiger partial charge is 0.127 e. The van der Waals surface area contributed by atoms with E-state index in [4.69, 9.17) is 4.74 Å². The van der Waals surface area contributed by atoms with Gasteiger partial charge in [0.25, 0.3) is 0 Å². The monoisotopic (exact) mass is 260 g/mol. The van der Waals surface area contributed by atoms with Gasteiger partial charge in [0.05, 0.1) is 13.7 Å². The quantitative estimate of drug-likeness (QED) is 0.791. The third kappa shape index (κ3) is 3.80. The maximum atomic E-state index is 13.4. The van der Waals surface area contributed by atoms with Crippen molar-refractivity contribution in [3.63, 3.8) is 0 Å². The molecule has 0 saturated carbocycles. The van der Waals surface area contributed by atoms with Crippen LogP contribution in [-0.4, -0.2) is 13.7 Å². The van der Waals surface area contributed by atoms with Gasteiger partial charge in [0.15, 0.2) is 0 Å². The van der Waals surface area contributed by atoms with Gasteiger partial charge in [-0.15, -0.1) is 0 Å². The first-order valence-electron chi connectivity index (χ1n) is 6.48. The molecule has 2 rings (SSSR count). The second-order valence-corrected chi connectivity index (χ2v) is 4.43. The lowest BCUT2D eigenvalue weighted by Gasteiger charge is -2.07. The van der Waals surface area contributed by atoms with Crippen molar-refractivity contribution >= 4 is 0 Å². The number of hydrogen-bond donors (Lipinski definition) is 1. The maximum Gasteiger partial charge on any atom is 0.127 e. The molecule has 100 valence electrons. The molecule has 2 N–H and O–H groups in total. The molecule has 0 aromatic heterocycles. The highest BCUT2D eigenvalue weighted by Crippen LogP contribution is 2.15. The van der Waals surface area contributed by atoms with Crippen molar-refractivity contribution in [3.8, 4) is 5.75 Å². The zero-order valence-electron chi connectivity index (χ0n) is 11.1. The summed E-state index contributed by atoms with van der Waals surface area (Å²) in [5.41, 5.74) is 1.94. The fourth-order valence-corrected chi connectivity index (χ4v) is 2.09. The Bertz CT molecular complexity index is 528. The fourth-order valence-electron chi connectivity index (χ4n) is 2.09. The second kappa shape index (κ2) is 6.90. The van der Waals surface area contributed by atoms with E-state index < -0.39 is 0 Å². The molecule has 0 aliphatic heterocycles. The van der Waals surface area contributed by atoms with E-state index in [9.17, 15) is 4.39 Å². The molecule has 0 radical (unpaired) electrons. The Morgan fingerprint density at radius 3 is 2.42 bits per heavy atom. The van der Waals surface area contributed by atoms with Crippen molar-refractivity contribution in [2.45, 2.75) is 13.0 Å². The number of nitrogens with two attached hydrogens (primary N) is 1. The zero-order valence-corrected chi connectivity index (χ0v) is 11.1. The number of ether oxygens (including phenoxy) is 1. The van der Waals surface area contributed by atoms with E-state index in [1.54, 1.807) is 13.2 Å². The van der Waals surface area contributed by atoms with E-state index >= 15 is 0 Å². The highest BCUT2D eigenvalue weighted by atomic mass is 19.1.